The second-order valence-electron chi connectivity index (χ2n) is 8.44. The third-order valence-corrected chi connectivity index (χ3v) is 8.37. The van der Waals surface area contributed by atoms with Gasteiger partial charge in [0.15, 0.2) is 14.6 Å². The molecule has 0 aromatic heterocycles. The molecule has 0 bridgehead atoms. The molecular formula is C24H31NO4S. The Hall–Kier alpha value is -2.34. The van der Waals surface area contributed by atoms with Crippen molar-refractivity contribution < 1.29 is 17.9 Å². The summed E-state index contributed by atoms with van der Waals surface area (Å²) >= 11 is 0. The number of ether oxygens (including phenoxy) is 1. The maximum atomic E-state index is 13.5. The fraction of sp³-hybridized carbons (Fsp3) is 0.458. The van der Waals surface area contributed by atoms with Gasteiger partial charge in [-0.3, -0.25) is 4.79 Å². The Balaban J connectivity index is 1.79. The van der Waals surface area contributed by atoms with Crippen LogP contribution in [0.3, 0.4) is 0 Å². The SMILES string of the molecule is Cc1ccc(S(=O)(=O)C2(C(=O)NCc3ccc(OC(C)C)cc3)CCCC2)cc1C. The first kappa shape index (κ1) is 22.3. The van der Waals surface area contributed by atoms with Crippen molar-refractivity contribution in [1.82, 2.24) is 5.32 Å². The lowest BCUT2D eigenvalue weighted by molar-refractivity contribution is -0.123. The largest absolute Gasteiger partial charge is 0.491 e. The third kappa shape index (κ3) is 4.38. The van der Waals surface area contributed by atoms with Crippen LogP contribution >= 0.6 is 0 Å². The second kappa shape index (κ2) is 8.80. The molecule has 0 heterocycles. The lowest BCUT2D eigenvalue weighted by Crippen LogP contribution is -2.50. The molecule has 0 spiro atoms. The average molecular weight is 430 g/mol. The predicted molar refractivity (Wildman–Crippen MR) is 118 cm³/mol. The standard InChI is InChI=1S/C24H31NO4S/c1-17(2)29-21-10-8-20(9-11-21)16-25-23(26)24(13-5-6-14-24)30(27,28)22-12-7-18(3)19(4)15-22/h7-12,15,17H,5-6,13-14,16H2,1-4H3,(H,25,26). The Morgan fingerprint density at radius 1 is 1.03 bits per heavy atom. The summed E-state index contributed by atoms with van der Waals surface area (Å²) in [5.41, 5.74) is 2.84. The molecule has 1 saturated carbocycles. The molecule has 1 aliphatic carbocycles. The quantitative estimate of drug-likeness (QED) is 0.704. The highest BCUT2D eigenvalue weighted by molar-refractivity contribution is 7.93. The van der Waals surface area contributed by atoms with Gasteiger partial charge in [-0.1, -0.05) is 31.0 Å². The van der Waals surface area contributed by atoms with E-state index in [2.05, 4.69) is 5.32 Å². The van der Waals surface area contributed by atoms with Crippen LogP contribution in [0.1, 0.15) is 56.2 Å². The molecule has 0 aliphatic heterocycles. The number of rotatable bonds is 7. The van der Waals surface area contributed by atoms with E-state index in [1.165, 1.54) is 0 Å². The minimum atomic E-state index is -3.80. The lowest BCUT2D eigenvalue weighted by atomic mass is 10.1. The fourth-order valence-corrected chi connectivity index (χ4v) is 6.14. The van der Waals surface area contributed by atoms with E-state index in [9.17, 15) is 13.2 Å². The topological polar surface area (TPSA) is 72.5 Å². The van der Waals surface area contributed by atoms with Crippen LogP contribution in [0.15, 0.2) is 47.4 Å². The van der Waals surface area contributed by atoms with Crippen molar-refractivity contribution in [2.75, 3.05) is 0 Å². The van der Waals surface area contributed by atoms with Crippen molar-refractivity contribution in [2.45, 2.75) is 75.7 Å². The number of hydrogen-bond donors (Lipinski definition) is 1. The molecule has 162 valence electrons. The summed E-state index contributed by atoms with van der Waals surface area (Å²) in [6.45, 7) is 8.05. The van der Waals surface area contributed by atoms with Gasteiger partial charge in [0.1, 0.15) is 5.75 Å². The molecule has 0 radical (unpaired) electrons. The smallest absolute Gasteiger partial charge is 0.242 e. The number of amides is 1. The molecule has 2 aromatic carbocycles. The Morgan fingerprint density at radius 3 is 2.23 bits per heavy atom. The number of aryl methyl sites for hydroxylation is 2. The van der Waals surface area contributed by atoms with Crippen molar-refractivity contribution in [3.8, 4) is 5.75 Å². The van der Waals surface area contributed by atoms with Crippen molar-refractivity contribution in [2.24, 2.45) is 0 Å². The Kier molecular flexibility index (Phi) is 6.56. The van der Waals surface area contributed by atoms with Gasteiger partial charge in [0.25, 0.3) is 0 Å². The van der Waals surface area contributed by atoms with Crippen LogP contribution in [-0.2, 0) is 21.2 Å². The van der Waals surface area contributed by atoms with Crippen molar-refractivity contribution in [3.05, 3.63) is 59.2 Å². The van der Waals surface area contributed by atoms with Gasteiger partial charge in [0.2, 0.25) is 5.91 Å². The van der Waals surface area contributed by atoms with E-state index in [0.29, 0.717) is 12.8 Å². The summed E-state index contributed by atoms with van der Waals surface area (Å²) in [6, 6.07) is 12.6. The summed E-state index contributed by atoms with van der Waals surface area (Å²) in [5.74, 6) is 0.366. The first-order valence-corrected chi connectivity index (χ1v) is 12.0. The lowest BCUT2D eigenvalue weighted by Gasteiger charge is -2.28. The van der Waals surface area contributed by atoms with Crippen LogP contribution in [0.5, 0.6) is 5.75 Å². The number of hydrogen-bond acceptors (Lipinski definition) is 4. The monoisotopic (exact) mass is 429 g/mol. The summed E-state index contributed by atoms with van der Waals surface area (Å²) < 4.78 is 31.3. The molecule has 5 nitrogen and oxygen atoms in total. The van der Waals surface area contributed by atoms with Gasteiger partial charge in [0, 0.05) is 6.54 Å². The molecule has 0 saturated heterocycles. The molecule has 0 atom stereocenters. The van der Waals surface area contributed by atoms with Crippen LogP contribution in [-0.4, -0.2) is 25.2 Å². The fourth-order valence-electron chi connectivity index (χ4n) is 3.97. The van der Waals surface area contributed by atoms with Crippen molar-refractivity contribution in [1.29, 1.82) is 0 Å². The number of sulfone groups is 1. The minimum absolute atomic E-state index is 0.0911. The summed E-state index contributed by atoms with van der Waals surface area (Å²) in [5, 5.41) is 2.88. The molecule has 2 aromatic rings. The van der Waals surface area contributed by atoms with E-state index >= 15 is 0 Å². The van der Waals surface area contributed by atoms with Gasteiger partial charge in [-0.15, -0.1) is 0 Å². The second-order valence-corrected chi connectivity index (χ2v) is 10.7. The summed E-state index contributed by atoms with van der Waals surface area (Å²) in [7, 11) is -3.80. The van der Waals surface area contributed by atoms with Gasteiger partial charge in [-0.25, -0.2) is 8.42 Å². The van der Waals surface area contributed by atoms with Crippen LogP contribution in [0.25, 0.3) is 0 Å². The number of carbonyl (C=O) groups excluding carboxylic acids is 1. The molecule has 6 heteroatoms. The molecular weight excluding hydrogens is 398 g/mol. The van der Waals surface area contributed by atoms with Crippen LogP contribution in [0.4, 0.5) is 0 Å². The Bertz CT molecular complexity index is 1000. The molecule has 0 unspecified atom stereocenters. The predicted octanol–water partition coefficient (Wildman–Crippen LogP) is 4.49. The minimum Gasteiger partial charge on any atom is -0.491 e. The molecule has 1 N–H and O–H groups in total. The normalized spacial score (nSPS) is 15.9. The van der Waals surface area contributed by atoms with Crippen LogP contribution < -0.4 is 10.1 Å². The first-order valence-electron chi connectivity index (χ1n) is 10.5. The Labute approximate surface area is 179 Å². The third-order valence-electron chi connectivity index (χ3n) is 5.88. The zero-order valence-electron chi connectivity index (χ0n) is 18.2. The van der Waals surface area contributed by atoms with Gasteiger partial charge < -0.3 is 10.1 Å². The number of nitrogens with one attached hydrogen (secondary N) is 1. The molecule has 1 fully saturated rings. The van der Waals surface area contributed by atoms with Crippen LogP contribution in [0.2, 0.25) is 0 Å². The maximum Gasteiger partial charge on any atom is 0.242 e. The van der Waals surface area contributed by atoms with E-state index in [1.807, 2.05) is 58.0 Å². The van der Waals surface area contributed by atoms with E-state index in [0.717, 1.165) is 35.3 Å². The summed E-state index contributed by atoms with van der Waals surface area (Å²) in [6.07, 6.45) is 2.27. The number of carbonyl (C=O) groups is 1. The number of benzene rings is 2. The van der Waals surface area contributed by atoms with E-state index in [-0.39, 0.29) is 17.5 Å². The van der Waals surface area contributed by atoms with Crippen molar-refractivity contribution in [3.63, 3.8) is 0 Å². The molecule has 1 amide bonds. The highest BCUT2D eigenvalue weighted by atomic mass is 32.2. The zero-order valence-corrected chi connectivity index (χ0v) is 19.0. The molecule has 30 heavy (non-hydrogen) atoms. The summed E-state index contributed by atoms with van der Waals surface area (Å²) in [4.78, 5) is 13.4. The van der Waals surface area contributed by atoms with E-state index < -0.39 is 20.5 Å². The van der Waals surface area contributed by atoms with Gasteiger partial charge >= 0.3 is 0 Å². The molecule has 3 rings (SSSR count). The van der Waals surface area contributed by atoms with Crippen LogP contribution in [0, 0.1) is 13.8 Å². The maximum absolute atomic E-state index is 13.5. The van der Waals surface area contributed by atoms with E-state index in [1.54, 1.807) is 12.1 Å². The highest BCUT2D eigenvalue weighted by Gasteiger charge is 2.52. The first-order chi connectivity index (χ1) is 14.2. The molecule has 1 aliphatic rings. The van der Waals surface area contributed by atoms with Crippen molar-refractivity contribution >= 4 is 15.7 Å². The van der Waals surface area contributed by atoms with Gasteiger partial charge in [0.05, 0.1) is 11.0 Å². The highest BCUT2D eigenvalue weighted by Crippen LogP contribution is 2.41. The van der Waals surface area contributed by atoms with E-state index in [4.69, 9.17) is 4.74 Å². The van der Waals surface area contributed by atoms with Gasteiger partial charge in [-0.2, -0.15) is 0 Å². The van der Waals surface area contributed by atoms with Gasteiger partial charge in [-0.05, 0) is 81.5 Å². The average Bonchev–Trinajstić information content (AvgIpc) is 3.20. The zero-order chi connectivity index (χ0) is 21.9. The Morgan fingerprint density at radius 2 is 1.67 bits per heavy atom.